The summed E-state index contributed by atoms with van der Waals surface area (Å²) in [6.45, 7) is 12.5. The number of aromatic nitrogens is 1. The van der Waals surface area contributed by atoms with Crippen LogP contribution in [0.2, 0.25) is 0 Å². The summed E-state index contributed by atoms with van der Waals surface area (Å²) in [5, 5.41) is 9.54. The van der Waals surface area contributed by atoms with Gasteiger partial charge >= 0.3 is 0 Å². The third kappa shape index (κ3) is 8.45. The number of nitrogens with two attached hydrogens (primary N) is 1. The molecule has 2 N–H and O–H groups in total. The van der Waals surface area contributed by atoms with E-state index in [0.717, 1.165) is 28.5 Å². The van der Waals surface area contributed by atoms with Gasteiger partial charge < -0.3 is 10.5 Å². The molecule has 168 valence electrons. The van der Waals surface area contributed by atoms with Crippen molar-refractivity contribution in [2.24, 2.45) is 11.8 Å². The van der Waals surface area contributed by atoms with Crippen LogP contribution in [0.25, 0.3) is 11.1 Å². The fourth-order valence-corrected chi connectivity index (χ4v) is 3.16. The van der Waals surface area contributed by atoms with Crippen LogP contribution in [-0.2, 0) is 0 Å². The van der Waals surface area contributed by atoms with E-state index in [4.69, 9.17) is 10.5 Å². The van der Waals surface area contributed by atoms with Crippen molar-refractivity contribution in [1.82, 2.24) is 4.98 Å². The van der Waals surface area contributed by atoms with Crippen molar-refractivity contribution in [1.29, 1.82) is 5.26 Å². The zero-order valence-corrected chi connectivity index (χ0v) is 20.3. The standard InChI is InChI=1S/C17H17N3O.C8H16.C2H6/c1-11-4-9-16(21-3)20-17(11)15(10-18)12(2)13-5-7-14(19)8-6-13;1-3-7(2)6-8-4-5-8;1-2/h4-9H,19H2,1-3H3;7-8H,3-6H2,1-2H3;1-2H3/b15-12+;;. The molecule has 1 aromatic carbocycles. The number of benzene rings is 1. The van der Waals surface area contributed by atoms with E-state index in [-0.39, 0.29) is 0 Å². The third-order valence-corrected chi connectivity index (χ3v) is 5.48. The topological polar surface area (TPSA) is 71.9 Å². The van der Waals surface area contributed by atoms with E-state index in [0.29, 0.717) is 22.8 Å². The highest BCUT2D eigenvalue weighted by atomic mass is 16.5. The van der Waals surface area contributed by atoms with E-state index in [9.17, 15) is 5.26 Å². The van der Waals surface area contributed by atoms with Crippen LogP contribution in [0, 0.1) is 30.1 Å². The molecular weight excluding hydrogens is 382 g/mol. The van der Waals surface area contributed by atoms with E-state index >= 15 is 0 Å². The predicted molar refractivity (Wildman–Crippen MR) is 133 cm³/mol. The van der Waals surface area contributed by atoms with Crippen LogP contribution >= 0.6 is 0 Å². The minimum absolute atomic E-state index is 0.494. The third-order valence-electron chi connectivity index (χ3n) is 5.48. The van der Waals surface area contributed by atoms with Crippen molar-refractivity contribution >= 4 is 16.8 Å². The minimum atomic E-state index is 0.494. The number of allylic oxidation sites excluding steroid dienone is 2. The molecule has 4 heteroatoms. The van der Waals surface area contributed by atoms with Gasteiger partial charge in [-0.3, -0.25) is 0 Å². The highest BCUT2D eigenvalue weighted by Gasteiger charge is 2.22. The first-order valence-electron chi connectivity index (χ1n) is 11.4. The van der Waals surface area contributed by atoms with Crippen molar-refractivity contribution < 1.29 is 4.74 Å². The summed E-state index contributed by atoms with van der Waals surface area (Å²) in [6, 6.07) is 13.4. The average Bonchev–Trinajstić information content (AvgIpc) is 3.61. The number of nitriles is 1. The number of hydrogen-bond donors (Lipinski definition) is 1. The van der Waals surface area contributed by atoms with Crippen LogP contribution in [-0.4, -0.2) is 12.1 Å². The minimum Gasteiger partial charge on any atom is -0.481 e. The second-order valence-corrected chi connectivity index (χ2v) is 7.95. The summed E-state index contributed by atoms with van der Waals surface area (Å²) >= 11 is 0. The van der Waals surface area contributed by atoms with Gasteiger partial charge in [0.05, 0.1) is 18.4 Å². The lowest BCUT2D eigenvalue weighted by atomic mass is 9.97. The van der Waals surface area contributed by atoms with E-state index in [1.807, 2.05) is 58.0 Å². The van der Waals surface area contributed by atoms with Crippen molar-refractivity contribution in [3.63, 3.8) is 0 Å². The lowest BCUT2D eigenvalue weighted by Gasteiger charge is -2.10. The number of methoxy groups -OCH3 is 1. The van der Waals surface area contributed by atoms with Crippen LogP contribution < -0.4 is 10.5 Å². The summed E-state index contributed by atoms with van der Waals surface area (Å²) in [5.41, 5.74) is 10.3. The fraction of sp³-hybridized carbons (Fsp3) is 0.481. The molecule has 1 fully saturated rings. The van der Waals surface area contributed by atoms with Crippen molar-refractivity contribution in [3.8, 4) is 11.9 Å². The quantitative estimate of drug-likeness (QED) is 0.392. The van der Waals surface area contributed by atoms with Crippen molar-refractivity contribution in [3.05, 3.63) is 53.2 Å². The van der Waals surface area contributed by atoms with E-state index in [2.05, 4.69) is 24.9 Å². The van der Waals surface area contributed by atoms with Gasteiger partial charge in [0.1, 0.15) is 6.07 Å². The molecule has 0 amide bonds. The highest BCUT2D eigenvalue weighted by molar-refractivity contribution is 5.96. The summed E-state index contributed by atoms with van der Waals surface area (Å²) in [5.74, 6) is 2.61. The van der Waals surface area contributed by atoms with Gasteiger partial charge in [-0.05, 0) is 60.9 Å². The van der Waals surface area contributed by atoms with Gasteiger partial charge in [-0.25, -0.2) is 4.98 Å². The fourth-order valence-electron chi connectivity index (χ4n) is 3.16. The number of rotatable bonds is 6. The summed E-state index contributed by atoms with van der Waals surface area (Å²) in [6.07, 6.45) is 5.90. The second kappa shape index (κ2) is 13.5. The smallest absolute Gasteiger partial charge is 0.213 e. The number of anilines is 1. The van der Waals surface area contributed by atoms with Crippen LogP contribution in [0.1, 0.15) is 77.1 Å². The number of ether oxygens (including phenoxy) is 1. The first-order chi connectivity index (χ1) is 14.9. The van der Waals surface area contributed by atoms with Gasteiger partial charge in [-0.15, -0.1) is 0 Å². The maximum absolute atomic E-state index is 9.54. The molecule has 1 unspecified atom stereocenters. The Morgan fingerprint density at radius 3 is 2.29 bits per heavy atom. The zero-order valence-electron chi connectivity index (χ0n) is 20.3. The monoisotopic (exact) mass is 421 g/mol. The maximum Gasteiger partial charge on any atom is 0.213 e. The molecule has 4 nitrogen and oxygen atoms in total. The Kier molecular flexibility index (Phi) is 11.4. The lowest BCUT2D eigenvalue weighted by Crippen LogP contribution is -1.98. The molecule has 1 aliphatic rings. The van der Waals surface area contributed by atoms with Crippen molar-refractivity contribution in [2.45, 2.75) is 67.2 Å². The van der Waals surface area contributed by atoms with Gasteiger partial charge in [-0.2, -0.15) is 5.26 Å². The Bertz CT molecular complexity index is 874. The van der Waals surface area contributed by atoms with Gasteiger partial charge in [0, 0.05) is 11.8 Å². The molecule has 1 saturated carbocycles. The van der Waals surface area contributed by atoms with Crippen LogP contribution in [0.5, 0.6) is 5.88 Å². The molecule has 1 atom stereocenters. The predicted octanol–water partition coefficient (Wildman–Crippen LogP) is 7.29. The van der Waals surface area contributed by atoms with Gasteiger partial charge in [0.15, 0.2) is 0 Å². The van der Waals surface area contributed by atoms with Gasteiger partial charge in [-0.1, -0.05) is 65.2 Å². The molecule has 0 aliphatic heterocycles. The van der Waals surface area contributed by atoms with Gasteiger partial charge in [0.2, 0.25) is 5.88 Å². The number of aryl methyl sites for hydroxylation is 1. The molecule has 3 rings (SSSR count). The summed E-state index contributed by atoms with van der Waals surface area (Å²) < 4.78 is 5.15. The molecule has 0 spiro atoms. The largest absolute Gasteiger partial charge is 0.481 e. The molecule has 1 heterocycles. The average molecular weight is 422 g/mol. The summed E-state index contributed by atoms with van der Waals surface area (Å²) in [4.78, 5) is 4.40. The van der Waals surface area contributed by atoms with Crippen molar-refractivity contribution in [2.75, 3.05) is 12.8 Å². The molecule has 0 radical (unpaired) electrons. The number of hydrogen-bond acceptors (Lipinski definition) is 4. The zero-order chi connectivity index (χ0) is 23.4. The highest BCUT2D eigenvalue weighted by Crippen LogP contribution is 2.35. The van der Waals surface area contributed by atoms with Crippen LogP contribution in [0.4, 0.5) is 5.69 Å². The Labute approximate surface area is 189 Å². The normalized spacial score (nSPS) is 14.0. The molecule has 0 bridgehead atoms. The van der Waals surface area contributed by atoms with Crippen LogP contribution in [0.15, 0.2) is 36.4 Å². The second-order valence-electron chi connectivity index (χ2n) is 7.95. The number of pyridine rings is 1. The Hall–Kier alpha value is -2.80. The first-order valence-corrected chi connectivity index (χ1v) is 11.4. The number of nitrogens with zero attached hydrogens (tertiary/aromatic N) is 2. The molecule has 1 aromatic heterocycles. The van der Waals surface area contributed by atoms with E-state index in [1.54, 1.807) is 13.2 Å². The van der Waals surface area contributed by atoms with E-state index < -0.39 is 0 Å². The Morgan fingerprint density at radius 2 is 1.81 bits per heavy atom. The molecule has 2 aromatic rings. The number of nitrogen functional groups attached to an aromatic ring is 1. The SMILES string of the molecule is CC.CCC(C)CC1CC1.COc1ccc(C)c(/C(C#N)=C(\C)c2ccc(N)cc2)n1. The first kappa shape index (κ1) is 26.2. The lowest BCUT2D eigenvalue weighted by molar-refractivity contribution is 0.397. The van der Waals surface area contributed by atoms with E-state index in [1.165, 1.54) is 25.7 Å². The molecule has 0 saturated heterocycles. The Balaban J connectivity index is 0.000000400. The summed E-state index contributed by atoms with van der Waals surface area (Å²) in [7, 11) is 1.56. The maximum atomic E-state index is 9.54. The van der Waals surface area contributed by atoms with Gasteiger partial charge in [0.25, 0.3) is 0 Å². The molecule has 1 aliphatic carbocycles. The molecule has 31 heavy (non-hydrogen) atoms. The Morgan fingerprint density at radius 1 is 1.19 bits per heavy atom. The van der Waals surface area contributed by atoms with Crippen LogP contribution in [0.3, 0.4) is 0 Å². The molecular formula is C27H39N3O.